The van der Waals surface area contributed by atoms with Crippen LogP contribution in [0.15, 0.2) is 12.1 Å². The van der Waals surface area contributed by atoms with Crippen LogP contribution in [-0.2, 0) is 21.8 Å². The lowest BCUT2D eigenvalue weighted by molar-refractivity contribution is -0.142. The van der Waals surface area contributed by atoms with E-state index in [1.807, 2.05) is 6.07 Å². The number of carbonyl (C=O) groups excluding carboxylic acids is 1. The van der Waals surface area contributed by atoms with E-state index in [1.54, 1.807) is 19.1 Å². The van der Waals surface area contributed by atoms with Gasteiger partial charge in [0, 0.05) is 5.88 Å². The summed E-state index contributed by atoms with van der Waals surface area (Å²) in [5, 5.41) is 9.35. The molecule has 17 heavy (non-hydrogen) atoms. The van der Waals surface area contributed by atoms with Crippen molar-refractivity contribution in [1.82, 2.24) is 0 Å². The summed E-state index contributed by atoms with van der Waals surface area (Å²) < 4.78 is 4.85. The quantitative estimate of drug-likeness (QED) is 0.625. The lowest BCUT2D eigenvalue weighted by Gasteiger charge is -2.10. The van der Waals surface area contributed by atoms with E-state index in [9.17, 15) is 4.79 Å². The molecule has 0 aliphatic rings. The Morgan fingerprint density at radius 1 is 1.53 bits per heavy atom. The van der Waals surface area contributed by atoms with Crippen molar-refractivity contribution in [3.63, 3.8) is 0 Å². The van der Waals surface area contributed by atoms with Crippen molar-refractivity contribution in [2.45, 2.75) is 19.2 Å². The predicted octanol–water partition coefficient (Wildman–Crippen LogP) is 3.06. The molecule has 1 aromatic carbocycles. The minimum Gasteiger partial charge on any atom is -0.466 e. The number of ether oxygens (including phenoxy) is 1. The van der Waals surface area contributed by atoms with E-state index in [1.165, 1.54) is 0 Å². The fourth-order valence-corrected chi connectivity index (χ4v) is 1.94. The number of nitrogens with zero attached hydrogens (tertiary/aromatic N) is 1. The number of hydrogen-bond donors (Lipinski definition) is 0. The van der Waals surface area contributed by atoms with Crippen LogP contribution >= 0.6 is 23.2 Å². The highest BCUT2D eigenvalue weighted by atomic mass is 35.5. The monoisotopic (exact) mass is 271 g/mol. The lowest BCUT2D eigenvalue weighted by atomic mass is 10.00. The Balaban J connectivity index is 3.15. The van der Waals surface area contributed by atoms with Gasteiger partial charge in [-0.3, -0.25) is 4.79 Å². The van der Waals surface area contributed by atoms with Gasteiger partial charge in [0.25, 0.3) is 0 Å². The number of hydrogen-bond acceptors (Lipinski definition) is 3. The molecule has 1 rings (SSSR count). The first-order valence-corrected chi connectivity index (χ1v) is 5.97. The zero-order valence-corrected chi connectivity index (χ0v) is 10.8. The van der Waals surface area contributed by atoms with Crippen LogP contribution in [-0.4, -0.2) is 12.6 Å². The van der Waals surface area contributed by atoms with Crippen molar-refractivity contribution >= 4 is 29.2 Å². The van der Waals surface area contributed by atoms with Gasteiger partial charge in [-0.25, -0.2) is 0 Å². The first-order chi connectivity index (χ1) is 8.13. The fourth-order valence-electron chi connectivity index (χ4n) is 1.47. The maximum atomic E-state index is 11.4. The maximum Gasteiger partial charge on any atom is 0.310 e. The van der Waals surface area contributed by atoms with Gasteiger partial charge in [0.2, 0.25) is 0 Å². The number of rotatable bonds is 4. The second-order valence-electron chi connectivity index (χ2n) is 3.29. The van der Waals surface area contributed by atoms with Crippen LogP contribution in [0.2, 0.25) is 5.02 Å². The number of esters is 1. The van der Waals surface area contributed by atoms with Gasteiger partial charge in [-0.15, -0.1) is 11.6 Å². The standard InChI is InChI=1S/C12H11Cl2NO2/c1-2-17-12(16)5-9-8(6-13)3-4-11(14)10(9)7-15/h3-4H,2,5-6H2,1H3. The van der Waals surface area contributed by atoms with E-state index < -0.39 is 5.97 Å². The number of carbonyl (C=O) groups is 1. The Kier molecular flexibility index (Phi) is 5.27. The summed E-state index contributed by atoms with van der Waals surface area (Å²) in [6.45, 7) is 2.03. The van der Waals surface area contributed by atoms with Crippen LogP contribution < -0.4 is 0 Å². The number of alkyl halides is 1. The molecule has 0 spiro atoms. The highest BCUT2D eigenvalue weighted by Gasteiger charge is 2.15. The molecular weight excluding hydrogens is 261 g/mol. The molecule has 0 amide bonds. The molecule has 3 nitrogen and oxygen atoms in total. The van der Waals surface area contributed by atoms with Crippen LogP contribution in [0.25, 0.3) is 0 Å². The summed E-state index contributed by atoms with van der Waals surface area (Å²) in [5.41, 5.74) is 1.56. The zero-order chi connectivity index (χ0) is 12.8. The topological polar surface area (TPSA) is 50.1 Å². The van der Waals surface area contributed by atoms with Crippen molar-refractivity contribution in [1.29, 1.82) is 5.26 Å². The van der Waals surface area contributed by atoms with E-state index in [0.717, 1.165) is 5.56 Å². The zero-order valence-electron chi connectivity index (χ0n) is 9.30. The molecule has 5 heteroatoms. The maximum absolute atomic E-state index is 11.4. The van der Waals surface area contributed by atoms with Gasteiger partial charge >= 0.3 is 5.97 Å². The fraction of sp³-hybridized carbons (Fsp3) is 0.333. The second-order valence-corrected chi connectivity index (χ2v) is 3.96. The Bertz CT molecular complexity index is 466. The molecule has 0 saturated heterocycles. The Morgan fingerprint density at radius 3 is 2.76 bits per heavy atom. The number of benzene rings is 1. The number of halogens is 2. The van der Waals surface area contributed by atoms with E-state index in [-0.39, 0.29) is 17.9 Å². The van der Waals surface area contributed by atoms with Crippen LogP contribution in [0, 0.1) is 11.3 Å². The largest absolute Gasteiger partial charge is 0.466 e. The summed E-state index contributed by atoms with van der Waals surface area (Å²) >= 11 is 11.7. The predicted molar refractivity (Wildman–Crippen MR) is 66.1 cm³/mol. The van der Waals surface area contributed by atoms with E-state index >= 15 is 0 Å². The van der Waals surface area contributed by atoms with E-state index in [2.05, 4.69) is 0 Å². The van der Waals surface area contributed by atoms with Crippen molar-refractivity contribution in [2.75, 3.05) is 6.61 Å². The molecule has 0 unspecified atom stereocenters. The molecule has 0 saturated carbocycles. The van der Waals surface area contributed by atoms with E-state index in [4.69, 9.17) is 33.2 Å². The third kappa shape index (κ3) is 3.36. The summed E-state index contributed by atoms with van der Waals surface area (Å²) in [7, 11) is 0. The molecule has 0 heterocycles. The highest BCUT2D eigenvalue weighted by molar-refractivity contribution is 6.32. The normalized spacial score (nSPS) is 9.76. The summed E-state index contributed by atoms with van der Waals surface area (Å²) in [6.07, 6.45) is 0.0132. The van der Waals surface area contributed by atoms with Crippen molar-refractivity contribution in [3.8, 4) is 6.07 Å². The van der Waals surface area contributed by atoms with Crippen molar-refractivity contribution in [3.05, 3.63) is 33.8 Å². The highest BCUT2D eigenvalue weighted by Crippen LogP contribution is 2.25. The molecule has 90 valence electrons. The molecular formula is C12H11Cl2NO2. The van der Waals surface area contributed by atoms with Crippen LogP contribution in [0.5, 0.6) is 0 Å². The third-order valence-corrected chi connectivity index (χ3v) is 2.84. The third-order valence-electron chi connectivity index (χ3n) is 2.24. The van der Waals surface area contributed by atoms with Crippen LogP contribution in [0.1, 0.15) is 23.6 Å². The Labute approximate surface area is 110 Å². The molecule has 1 aromatic rings. The van der Waals surface area contributed by atoms with Gasteiger partial charge < -0.3 is 4.74 Å². The summed E-state index contributed by atoms with van der Waals surface area (Å²) in [4.78, 5) is 11.4. The van der Waals surface area contributed by atoms with Crippen LogP contribution in [0.3, 0.4) is 0 Å². The second kappa shape index (κ2) is 6.48. The molecule has 0 fully saturated rings. The molecule has 0 aliphatic carbocycles. The molecule has 0 N–H and O–H groups in total. The van der Waals surface area contributed by atoms with Gasteiger partial charge in [0.15, 0.2) is 0 Å². The van der Waals surface area contributed by atoms with Gasteiger partial charge in [0.05, 0.1) is 23.6 Å². The summed E-state index contributed by atoms with van der Waals surface area (Å²) in [6, 6.07) is 5.30. The van der Waals surface area contributed by atoms with Gasteiger partial charge in [0.1, 0.15) is 6.07 Å². The minimum atomic E-state index is -0.391. The minimum absolute atomic E-state index is 0.0132. The first-order valence-electron chi connectivity index (χ1n) is 5.06. The average Bonchev–Trinajstić information content (AvgIpc) is 2.30. The Morgan fingerprint density at radius 2 is 2.24 bits per heavy atom. The van der Waals surface area contributed by atoms with Gasteiger partial charge in [-0.1, -0.05) is 17.7 Å². The first kappa shape index (κ1) is 13.8. The van der Waals surface area contributed by atoms with Gasteiger partial charge in [-0.2, -0.15) is 5.26 Å². The molecule has 0 aromatic heterocycles. The molecule has 0 radical (unpaired) electrons. The number of nitriles is 1. The smallest absolute Gasteiger partial charge is 0.310 e. The SMILES string of the molecule is CCOC(=O)Cc1c(CCl)ccc(Cl)c1C#N. The molecule has 0 atom stereocenters. The van der Waals surface area contributed by atoms with Crippen molar-refractivity contribution < 1.29 is 9.53 Å². The van der Waals surface area contributed by atoms with Crippen LogP contribution in [0.4, 0.5) is 0 Å². The molecule has 0 aliphatic heterocycles. The molecule has 0 bridgehead atoms. The van der Waals surface area contributed by atoms with Crippen molar-refractivity contribution in [2.24, 2.45) is 0 Å². The Hall–Kier alpha value is -1.24. The van der Waals surface area contributed by atoms with E-state index in [0.29, 0.717) is 17.2 Å². The lowest BCUT2D eigenvalue weighted by Crippen LogP contribution is -2.10. The average molecular weight is 272 g/mol. The summed E-state index contributed by atoms with van der Waals surface area (Å²) in [5.74, 6) is -0.168. The van der Waals surface area contributed by atoms with Gasteiger partial charge in [-0.05, 0) is 24.1 Å².